The molecule has 96 valence electrons. The summed E-state index contributed by atoms with van der Waals surface area (Å²) in [5.41, 5.74) is 1.06. The summed E-state index contributed by atoms with van der Waals surface area (Å²) in [7, 11) is -1.06. The molecule has 2 rings (SSSR count). The number of benzene rings is 1. The average molecular weight is 266 g/mol. The van der Waals surface area contributed by atoms with Gasteiger partial charge in [0, 0.05) is 27.5 Å². The maximum absolute atomic E-state index is 11.8. The van der Waals surface area contributed by atoms with Crippen LogP contribution in [0.5, 0.6) is 0 Å². The summed E-state index contributed by atoms with van der Waals surface area (Å²) >= 11 is 0. The van der Waals surface area contributed by atoms with Crippen molar-refractivity contribution in [3.8, 4) is 0 Å². The first-order chi connectivity index (χ1) is 8.63. The molecular formula is C13H14O4S. The number of furan rings is 1. The lowest BCUT2D eigenvalue weighted by Crippen LogP contribution is -2.04. The van der Waals surface area contributed by atoms with Gasteiger partial charge in [0.1, 0.15) is 5.58 Å². The highest BCUT2D eigenvalue weighted by molar-refractivity contribution is 7.84. The molecule has 1 aromatic heterocycles. The number of rotatable bonds is 5. The van der Waals surface area contributed by atoms with Crippen LogP contribution in [0, 0.1) is 0 Å². The Morgan fingerprint density at radius 2 is 2.11 bits per heavy atom. The molecule has 2 aromatic rings. The number of hydrogen-bond acceptors (Lipinski definition) is 3. The van der Waals surface area contributed by atoms with E-state index in [-0.39, 0.29) is 11.5 Å². The summed E-state index contributed by atoms with van der Waals surface area (Å²) < 4.78 is 17.1. The molecule has 0 amide bonds. The third kappa shape index (κ3) is 2.46. The fourth-order valence-electron chi connectivity index (χ4n) is 1.88. The van der Waals surface area contributed by atoms with Crippen molar-refractivity contribution in [3.05, 3.63) is 35.6 Å². The summed E-state index contributed by atoms with van der Waals surface area (Å²) in [6, 6.07) is 7.11. The van der Waals surface area contributed by atoms with Crippen LogP contribution < -0.4 is 0 Å². The minimum atomic E-state index is -1.12. The lowest BCUT2D eigenvalue weighted by atomic mass is 10.1. The van der Waals surface area contributed by atoms with Gasteiger partial charge >= 0.3 is 5.97 Å². The van der Waals surface area contributed by atoms with Gasteiger partial charge < -0.3 is 9.52 Å². The molecule has 18 heavy (non-hydrogen) atoms. The molecule has 0 aliphatic carbocycles. The molecule has 1 atom stereocenters. The summed E-state index contributed by atoms with van der Waals surface area (Å²) in [5.74, 6) is -0.416. The van der Waals surface area contributed by atoms with E-state index in [1.165, 1.54) is 0 Å². The lowest BCUT2D eigenvalue weighted by Gasteiger charge is -2.00. The van der Waals surface area contributed by atoms with Gasteiger partial charge in [-0.2, -0.15) is 0 Å². The molecule has 4 nitrogen and oxygen atoms in total. The number of carboxylic acid groups (broad SMARTS) is 1. The van der Waals surface area contributed by atoms with Crippen LogP contribution in [0.1, 0.15) is 29.5 Å². The topological polar surface area (TPSA) is 67.5 Å². The summed E-state index contributed by atoms with van der Waals surface area (Å²) in [4.78, 5) is 11.1. The van der Waals surface area contributed by atoms with Crippen molar-refractivity contribution in [1.82, 2.24) is 0 Å². The quantitative estimate of drug-likeness (QED) is 0.903. The highest BCUT2D eigenvalue weighted by atomic mass is 32.2. The normalized spacial score (nSPS) is 12.7. The van der Waals surface area contributed by atoms with Crippen LogP contribution in [0.4, 0.5) is 0 Å². The van der Waals surface area contributed by atoms with Crippen LogP contribution in [0.3, 0.4) is 0 Å². The third-order valence-corrected chi connectivity index (χ3v) is 4.10. The van der Waals surface area contributed by atoms with Crippen LogP contribution in [-0.2, 0) is 16.6 Å². The predicted octanol–water partition coefficient (Wildman–Crippen LogP) is 2.79. The number of aromatic carboxylic acids is 1. The molecule has 1 heterocycles. The Bertz CT molecular complexity index is 600. The van der Waals surface area contributed by atoms with E-state index in [4.69, 9.17) is 9.52 Å². The van der Waals surface area contributed by atoms with Crippen LogP contribution in [-0.4, -0.2) is 21.0 Å². The largest absolute Gasteiger partial charge is 0.475 e. The van der Waals surface area contributed by atoms with E-state index in [1.807, 2.05) is 13.0 Å². The molecule has 0 bridgehead atoms. The van der Waals surface area contributed by atoms with Gasteiger partial charge in [-0.3, -0.25) is 4.21 Å². The summed E-state index contributed by atoms with van der Waals surface area (Å²) in [6.07, 6.45) is 0.810. The first kappa shape index (κ1) is 12.8. The highest BCUT2D eigenvalue weighted by Crippen LogP contribution is 2.27. The molecule has 1 N–H and O–H groups in total. The number of carboxylic acids is 1. The fraction of sp³-hybridized carbons (Fsp3) is 0.308. The standard InChI is InChI=1S/C13H14O4S/c1-2-7-18(16)8-10-9-5-3-4-6-11(9)17-12(10)13(14)15/h3-6H,2,7-8H2,1H3,(H,14,15). The van der Waals surface area contributed by atoms with Crippen molar-refractivity contribution in [3.63, 3.8) is 0 Å². The number of para-hydroxylation sites is 1. The third-order valence-electron chi connectivity index (χ3n) is 2.63. The number of carbonyl (C=O) groups is 1. The van der Waals surface area contributed by atoms with Crippen molar-refractivity contribution >= 4 is 27.7 Å². The van der Waals surface area contributed by atoms with E-state index in [1.54, 1.807) is 18.2 Å². The van der Waals surface area contributed by atoms with Gasteiger partial charge in [-0.15, -0.1) is 0 Å². The molecular weight excluding hydrogens is 252 g/mol. The zero-order valence-electron chi connectivity index (χ0n) is 10.0. The van der Waals surface area contributed by atoms with Gasteiger partial charge in [-0.1, -0.05) is 25.1 Å². The smallest absolute Gasteiger partial charge is 0.372 e. The Kier molecular flexibility index (Phi) is 3.81. The van der Waals surface area contributed by atoms with Crippen molar-refractivity contribution in [1.29, 1.82) is 0 Å². The van der Waals surface area contributed by atoms with Crippen LogP contribution in [0.15, 0.2) is 28.7 Å². The summed E-state index contributed by atoms with van der Waals surface area (Å²) in [5, 5.41) is 9.85. The number of hydrogen-bond donors (Lipinski definition) is 1. The maximum atomic E-state index is 11.8. The molecule has 1 aromatic carbocycles. The van der Waals surface area contributed by atoms with Crippen molar-refractivity contribution in [2.75, 3.05) is 5.75 Å². The molecule has 0 saturated carbocycles. The van der Waals surface area contributed by atoms with Crippen molar-refractivity contribution < 1.29 is 18.5 Å². The summed E-state index contributed by atoms with van der Waals surface area (Å²) in [6.45, 7) is 1.95. The van der Waals surface area contributed by atoms with Crippen molar-refractivity contribution in [2.24, 2.45) is 0 Å². The van der Waals surface area contributed by atoms with E-state index < -0.39 is 16.8 Å². The van der Waals surface area contributed by atoms with Gasteiger partial charge in [-0.05, 0) is 12.5 Å². The van der Waals surface area contributed by atoms with Crippen LogP contribution in [0.2, 0.25) is 0 Å². The van der Waals surface area contributed by atoms with Gasteiger partial charge in [0.05, 0.1) is 5.75 Å². The molecule has 0 aliphatic rings. The van der Waals surface area contributed by atoms with Crippen molar-refractivity contribution in [2.45, 2.75) is 19.1 Å². The molecule has 5 heteroatoms. The second kappa shape index (κ2) is 5.35. The van der Waals surface area contributed by atoms with Gasteiger partial charge in [0.2, 0.25) is 5.76 Å². The van der Waals surface area contributed by atoms with Crippen LogP contribution in [0.25, 0.3) is 11.0 Å². The van der Waals surface area contributed by atoms with Gasteiger partial charge in [0.25, 0.3) is 0 Å². The number of fused-ring (bicyclic) bond motifs is 1. The highest BCUT2D eigenvalue weighted by Gasteiger charge is 2.20. The molecule has 0 saturated heterocycles. The van der Waals surface area contributed by atoms with Crippen LogP contribution >= 0.6 is 0 Å². The monoisotopic (exact) mass is 266 g/mol. The minimum Gasteiger partial charge on any atom is -0.475 e. The van der Waals surface area contributed by atoms with Gasteiger partial charge in [-0.25, -0.2) is 4.79 Å². The lowest BCUT2D eigenvalue weighted by molar-refractivity contribution is 0.0664. The second-order valence-electron chi connectivity index (χ2n) is 4.00. The second-order valence-corrected chi connectivity index (χ2v) is 5.58. The molecule has 0 aliphatic heterocycles. The Morgan fingerprint density at radius 3 is 2.78 bits per heavy atom. The first-order valence-electron chi connectivity index (χ1n) is 5.72. The Hall–Kier alpha value is -1.62. The Balaban J connectivity index is 2.48. The maximum Gasteiger partial charge on any atom is 0.372 e. The average Bonchev–Trinajstić information content (AvgIpc) is 2.69. The van der Waals surface area contributed by atoms with E-state index in [0.717, 1.165) is 11.8 Å². The van der Waals surface area contributed by atoms with E-state index >= 15 is 0 Å². The van der Waals surface area contributed by atoms with E-state index in [9.17, 15) is 9.00 Å². The predicted molar refractivity (Wildman–Crippen MR) is 70.2 cm³/mol. The zero-order chi connectivity index (χ0) is 13.1. The molecule has 0 fully saturated rings. The molecule has 0 spiro atoms. The van der Waals surface area contributed by atoms with Gasteiger partial charge in [0.15, 0.2) is 0 Å². The minimum absolute atomic E-state index is 0.0966. The zero-order valence-corrected chi connectivity index (χ0v) is 10.8. The molecule has 1 unspecified atom stereocenters. The van der Waals surface area contributed by atoms with E-state index in [2.05, 4.69) is 0 Å². The Morgan fingerprint density at radius 1 is 1.39 bits per heavy atom. The Labute approximate surface area is 107 Å². The fourth-order valence-corrected chi connectivity index (χ4v) is 3.08. The van der Waals surface area contributed by atoms with E-state index in [0.29, 0.717) is 16.9 Å². The first-order valence-corrected chi connectivity index (χ1v) is 7.21. The SMILES string of the molecule is CCCS(=O)Cc1c(C(=O)O)oc2ccccc12. The molecule has 0 radical (unpaired) electrons.